The average Bonchev–Trinajstić information content (AvgIpc) is 3.19. The number of amides is 1. The molecule has 96 valence electrons. The van der Waals surface area contributed by atoms with Crippen molar-refractivity contribution in [2.24, 2.45) is 16.9 Å². The van der Waals surface area contributed by atoms with Crippen molar-refractivity contribution in [3.63, 3.8) is 0 Å². The molecule has 3 heteroatoms. The van der Waals surface area contributed by atoms with Gasteiger partial charge in [0, 0.05) is 5.92 Å². The molecular formula is C15H20N2O. The molecular weight excluding hydrogens is 224 g/mol. The third-order valence-corrected chi connectivity index (χ3v) is 2.96. The molecule has 0 unspecified atom stereocenters. The van der Waals surface area contributed by atoms with Gasteiger partial charge in [0.2, 0.25) is 5.91 Å². The first-order valence-corrected chi connectivity index (χ1v) is 6.58. The second kappa shape index (κ2) is 5.80. The van der Waals surface area contributed by atoms with Gasteiger partial charge in [-0.15, -0.1) is 0 Å². The van der Waals surface area contributed by atoms with E-state index in [1.165, 1.54) is 0 Å². The summed E-state index contributed by atoms with van der Waals surface area (Å²) >= 11 is 0. The fourth-order valence-corrected chi connectivity index (χ4v) is 1.80. The Morgan fingerprint density at radius 2 is 2.00 bits per heavy atom. The quantitative estimate of drug-likeness (QED) is 0.628. The van der Waals surface area contributed by atoms with Gasteiger partial charge in [-0.3, -0.25) is 4.79 Å². The average molecular weight is 244 g/mol. The fourth-order valence-electron chi connectivity index (χ4n) is 1.80. The van der Waals surface area contributed by atoms with Gasteiger partial charge >= 0.3 is 0 Å². The highest BCUT2D eigenvalue weighted by Gasteiger charge is 2.29. The Labute approximate surface area is 108 Å². The molecule has 1 saturated carbocycles. The van der Waals surface area contributed by atoms with Crippen LogP contribution in [0.25, 0.3) is 0 Å². The van der Waals surface area contributed by atoms with Crippen LogP contribution < -0.4 is 5.43 Å². The summed E-state index contributed by atoms with van der Waals surface area (Å²) in [6.07, 6.45) is 2.88. The molecule has 1 fully saturated rings. The number of nitrogens with zero attached hydrogens (tertiary/aromatic N) is 1. The van der Waals surface area contributed by atoms with Gasteiger partial charge in [0.15, 0.2) is 0 Å². The van der Waals surface area contributed by atoms with Crippen LogP contribution in [0.1, 0.15) is 38.7 Å². The van der Waals surface area contributed by atoms with E-state index < -0.39 is 0 Å². The Bertz CT molecular complexity index is 433. The van der Waals surface area contributed by atoms with Crippen LogP contribution in [0.15, 0.2) is 35.4 Å². The lowest BCUT2D eigenvalue weighted by Crippen LogP contribution is -2.22. The standard InChI is InChI=1S/C15H20N2O/c1-11(2)10-14(12-6-4-3-5-7-12)16-17-15(18)13-8-9-13/h3-7,11,13H,8-10H2,1-2H3,(H,17,18)/b16-14-. The van der Waals surface area contributed by atoms with Gasteiger partial charge in [0.1, 0.15) is 0 Å². The second-order valence-corrected chi connectivity index (χ2v) is 5.27. The lowest BCUT2D eigenvalue weighted by atomic mass is 10.0. The van der Waals surface area contributed by atoms with Crippen LogP contribution in [0.5, 0.6) is 0 Å². The molecule has 0 atom stereocenters. The molecule has 0 saturated heterocycles. The number of hydrazone groups is 1. The highest BCUT2D eigenvalue weighted by Crippen LogP contribution is 2.28. The number of carbonyl (C=O) groups is 1. The summed E-state index contributed by atoms with van der Waals surface area (Å²) < 4.78 is 0. The normalized spacial score (nSPS) is 15.8. The largest absolute Gasteiger partial charge is 0.273 e. The highest BCUT2D eigenvalue weighted by atomic mass is 16.2. The molecule has 0 aromatic heterocycles. The van der Waals surface area contributed by atoms with Gasteiger partial charge in [-0.05, 0) is 30.7 Å². The van der Waals surface area contributed by atoms with Crippen molar-refractivity contribution in [2.45, 2.75) is 33.1 Å². The van der Waals surface area contributed by atoms with Crippen molar-refractivity contribution in [1.29, 1.82) is 0 Å². The fraction of sp³-hybridized carbons (Fsp3) is 0.467. The maximum Gasteiger partial charge on any atom is 0.243 e. The number of rotatable bonds is 5. The molecule has 1 aliphatic rings. The van der Waals surface area contributed by atoms with Gasteiger partial charge in [0.05, 0.1) is 5.71 Å². The van der Waals surface area contributed by atoms with Crippen LogP contribution in [-0.4, -0.2) is 11.6 Å². The van der Waals surface area contributed by atoms with Crippen LogP contribution in [0.2, 0.25) is 0 Å². The second-order valence-electron chi connectivity index (χ2n) is 5.27. The molecule has 3 nitrogen and oxygen atoms in total. The smallest absolute Gasteiger partial charge is 0.243 e. The minimum atomic E-state index is 0.0622. The van der Waals surface area contributed by atoms with Crippen molar-refractivity contribution in [3.8, 4) is 0 Å². The molecule has 1 amide bonds. The van der Waals surface area contributed by atoms with E-state index in [0.29, 0.717) is 5.92 Å². The highest BCUT2D eigenvalue weighted by molar-refractivity contribution is 6.01. The maximum atomic E-state index is 11.6. The zero-order valence-electron chi connectivity index (χ0n) is 11.0. The molecule has 0 spiro atoms. The minimum absolute atomic E-state index is 0.0622. The molecule has 1 N–H and O–H groups in total. The zero-order chi connectivity index (χ0) is 13.0. The van der Waals surface area contributed by atoms with Gasteiger partial charge in [-0.1, -0.05) is 44.2 Å². The lowest BCUT2D eigenvalue weighted by Gasteiger charge is -2.09. The van der Waals surface area contributed by atoms with Gasteiger partial charge < -0.3 is 0 Å². The van der Waals surface area contributed by atoms with Crippen LogP contribution in [0, 0.1) is 11.8 Å². The Morgan fingerprint density at radius 1 is 1.33 bits per heavy atom. The van der Waals surface area contributed by atoms with E-state index in [2.05, 4.69) is 24.4 Å². The minimum Gasteiger partial charge on any atom is -0.273 e. The van der Waals surface area contributed by atoms with E-state index in [-0.39, 0.29) is 11.8 Å². The summed E-state index contributed by atoms with van der Waals surface area (Å²) in [4.78, 5) is 11.6. The predicted molar refractivity (Wildman–Crippen MR) is 73.3 cm³/mol. The van der Waals surface area contributed by atoms with Crippen molar-refractivity contribution < 1.29 is 4.79 Å². The molecule has 2 rings (SSSR count). The Kier molecular flexibility index (Phi) is 4.13. The van der Waals surface area contributed by atoms with Gasteiger partial charge in [0.25, 0.3) is 0 Å². The van der Waals surface area contributed by atoms with Crippen molar-refractivity contribution in [3.05, 3.63) is 35.9 Å². The number of carbonyl (C=O) groups excluding carboxylic acids is 1. The number of hydrogen-bond acceptors (Lipinski definition) is 2. The monoisotopic (exact) mass is 244 g/mol. The van der Waals surface area contributed by atoms with Crippen LogP contribution >= 0.6 is 0 Å². The summed E-state index contributed by atoms with van der Waals surface area (Å²) in [5, 5.41) is 4.31. The molecule has 0 aliphatic heterocycles. The Morgan fingerprint density at radius 3 is 2.56 bits per heavy atom. The molecule has 1 aliphatic carbocycles. The summed E-state index contributed by atoms with van der Waals surface area (Å²) in [6.45, 7) is 4.31. The van der Waals surface area contributed by atoms with Crippen LogP contribution in [-0.2, 0) is 4.79 Å². The van der Waals surface area contributed by atoms with Crippen LogP contribution in [0.3, 0.4) is 0 Å². The van der Waals surface area contributed by atoms with Crippen molar-refractivity contribution >= 4 is 11.6 Å². The number of nitrogens with one attached hydrogen (secondary N) is 1. The zero-order valence-corrected chi connectivity index (χ0v) is 11.0. The van der Waals surface area contributed by atoms with E-state index in [9.17, 15) is 4.79 Å². The van der Waals surface area contributed by atoms with E-state index >= 15 is 0 Å². The van der Waals surface area contributed by atoms with E-state index in [4.69, 9.17) is 0 Å². The van der Waals surface area contributed by atoms with Crippen molar-refractivity contribution in [1.82, 2.24) is 5.43 Å². The first-order chi connectivity index (χ1) is 8.66. The maximum absolute atomic E-state index is 11.6. The first-order valence-electron chi connectivity index (χ1n) is 6.58. The molecule has 0 bridgehead atoms. The molecule has 18 heavy (non-hydrogen) atoms. The van der Waals surface area contributed by atoms with E-state index in [0.717, 1.165) is 30.5 Å². The number of hydrogen-bond donors (Lipinski definition) is 1. The molecule has 1 aromatic rings. The third-order valence-electron chi connectivity index (χ3n) is 2.96. The molecule has 1 aromatic carbocycles. The summed E-state index contributed by atoms with van der Waals surface area (Å²) in [6, 6.07) is 10.0. The van der Waals surface area contributed by atoms with Gasteiger partial charge in [-0.25, -0.2) is 5.43 Å². The summed E-state index contributed by atoms with van der Waals surface area (Å²) in [7, 11) is 0. The lowest BCUT2D eigenvalue weighted by molar-refractivity contribution is -0.122. The SMILES string of the molecule is CC(C)C/C(=N/NC(=O)C1CC1)c1ccccc1. The Balaban J connectivity index is 2.08. The molecule has 0 heterocycles. The van der Waals surface area contributed by atoms with E-state index in [1.54, 1.807) is 0 Å². The van der Waals surface area contributed by atoms with Gasteiger partial charge in [-0.2, -0.15) is 5.10 Å². The Hall–Kier alpha value is -1.64. The first kappa shape index (κ1) is 12.8. The summed E-state index contributed by atoms with van der Waals surface area (Å²) in [5.41, 5.74) is 4.74. The molecule has 0 radical (unpaired) electrons. The van der Waals surface area contributed by atoms with Crippen LogP contribution in [0.4, 0.5) is 0 Å². The predicted octanol–water partition coefficient (Wildman–Crippen LogP) is 2.96. The summed E-state index contributed by atoms with van der Waals surface area (Å²) in [5.74, 6) is 0.777. The number of benzene rings is 1. The topological polar surface area (TPSA) is 41.5 Å². The van der Waals surface area contributed by atoms with Crippen molar-refractivity contribution in [2.75, 3.05) is 0 Å². The van der Waals surface area contributed by atoms with E-state index in [1.807, 2.05) is 30.3 Å². The third kappa shape index (κ3) is 3.69.